The second-order valence-electron chi connectivity index (χ2n) is 35.0. The highest BCUT2D eigenvalue weighted by Crippen LogP contribution is 2.52. The largest absolute Gasteiger partial charge is 0.456 e. The van der Waals surface area contributed by atoms with Gasteiger partial charge in [0.15, 0.2) is 0 Å². The summed E-state index contributed by atoms with van der Waals surface area (Å²) in [4.78, 5) is 0. The molecule has 0 saturated heterocycles. The van der Waals surface area contributed by atoms with Crippen LogP contribution in [0.25, 0.3) is 264 Å². The Morgan fingerprint density at radius 2 is 0.274 bits per heavy atom. The van der Waals surface area contributed by atoms with Crippen molar-refractivity contribution in [3.05, 3.63) is 510 Å². The number of para-hydroxylation sites is 3. The number of hydrogen-bond donors (Lipinski definition) is 0. The minimum atomic E-state index is 0.909. The third-order valence-corrected chi connectivity index (χ3v) is 27.2. The van der Waals surface area contributed by atoms with Crippen molar-refractivity contribution in [2.45, 2.75) is 0 Å². The third-order valence-electron chi connectivity index (χ3n) is 27.2. The van der Waals surface area contributed by atoms with Gasteiger partial charge in [-0.15, -0.1) is 0 Å². The first-order chi connectivity index (χ1) is 67.0. The Morgan fingerprint density at radius 1 is 0.0889 bits per heavy atom. The summed E-state index contributed by atoms with van der Waals surface area (Å²) in [7, 11) is 0. The molecule has 3 aromatic heterocycles. The van der Waals surface area contributed by atoms with Gasteiger partial charge in [0.05, 0.1) is 0 Å². The second kappa shape index (κ2) is 33.9. The van der Waals surface area contributed by atoms with Crippen LogP contribution in [0.1, 0.15) is 0 Å². The average molecular weight is 1720 g/mol. The average Bonchev–Trinajstić information content (AvgIpc) is 1.42. The lowest BCUT2D eigenvalue weighted by Gasteiger charge is -2.20. The van der Waals surface area contributed by atoms with Crippen molar-refractivity contribution in [1.29, 1.82) is 0 Å². The van der Waals surface area contributed by atoms with Crippen LogP contribution in [0.15, 0.2) is 523 Å². The van der Waals surface area contributed by atoms with Crippen LogP contribution in [-0.2, 0) is 0 Å². The normalized spacial score (nSPS) is 11.6. The van der Waals surface area contributed by atoms with E-state index < -0.39 is 0 Å². The van der Waals surface area contributed by atoms with Crippen molar-refractivity contribution in [2.75, 3.05) is 0 Å². The molecule has 0 fully saturated rings. The highest BCUT2D eigenvalue weighted by atomic mass is 16.3. The van der Waals surface area contributed by atoms with Gasteiger partial charge < -0.3 is 13.3 Å². The van der Waals surface area contributed by atoms with E-state index in [9.17, 15) is 0 Å². The van der Waals surface area contributed by atoms with Gasteiger partial charge in [-0.25, -0.2) is 0 Å². The molecule has 3 nitrogen and oxygen atoms in total. The molecule has 3 heteroatoms. The van der Waals surface area contributed by atoms with E-state index in [0.717, 1.165) is 82.5 Å². The molecule has 0 aliphatic heterocycles. The van der Waals surface area contributed by atoms with Gasteiger partial charge in [0.1, 0.15) is 33.5 Å². The summed E-state index contributed by atoms with van der Waals surface area (Å²) in [5.74, 6) is 0. The maximum atomic E-state index is 6.31. The first kappa shape index (κ1) is 79.4. The lowest BCUT2D eigenvalue weighted by Crippen LogP contribution is -1.93. The van der Waals surface area contributed by atoms with Crippen LogP contribution in [0.2, 0.25) is 0 Å². The topological polar surface area (TPSA) is 39.4 Å². The van der Waals surface area contributed by atoms with Crippen LogP contribution < -0.4 is 0 Å². The van der Waals surface area contributed by atoms with E-state index in [-0.39, 0.29) is 0 Å². The van der Waals surface area contributed by atoms with Crippen LogP contribution in [0.3, 0.4) is 0 Å². The fourth-order valence-corrected chi connectivity index (χ4v) is 21.1. The molecule has 630 valence electrons. The van der Waals surface area contributed by atoms with Crippen molar-refractivity contribution in [3.8, 4) is 134 Å². The van der Waals surface area contributed by atoms with Gasteiger partial charge in [-0.05, 0) is 271 Å². The van der Waals surface area contributed by atoms with Gasteiger partial charge >= 0.3 is 0 Å². The highest BCUT2D eigenvalue weighted by Gasteiger charge is 2.25. The van der Waals surface area contributed by atoms with E-state index in [4.69, 9.17) is 13.3 Å². The van der Waals surface area contributed by atoms with Gasteiger partial charge in [-0.2, -0.15) is 0 Å². The number of fused-ring (bicyclic) bond motifs is 15. The Labute approximate surface area is 781 Å². The minimum Gasteiger partial charge on any atom is -0.456 e. The molecule has 0 amide bonds. The predicted molar refractivity (Wildman–Crippen MR) is 571 cm³/mol. The van der Waals surface area contributed by atoms with Crippen molar-refractivity contribution in [3.63, 3.8) is 0 Å². The molecular formula is C132H84O3. The number of hydrogen-bond acceptors (Lipinski definition) is 3. The molecule has 24 aromatic carbocycles. The molecule has 135 heavy (non-hydrogen) atoms. The lowest BCUT2D eigenvalue weighted by molar-refractivity contribution is 0.668. The Hall–Kier alpha value is -17.8. The van der Waals surface area contributed by atoms with Crippen LogP contribution in [0.4, 0.5) is 0 Å². The summed E-state index contributed by atoms with van der Waals surface area (Å²) >= 11 is 0. The summed E-state index contributed by atoms with van der Waals surface area (Å²) < 4.78 is 18.8. The second-order valence-corrected chi connectivity index (χ2v) is 35.0. The standard InChI is InChI=1S/3C44H28O/c1-2-12-29(13-3-1)30-14-10-16-33(26-30)43-37-19-4-6-21-39(37)44(40-22-7-5-20-38(40)43)34-17-11-15-31(27-34)32-24-25-36-35-18-8-9-23-41(35)45-42(36)28-32;1-2-13-29(14-3-1)30-15-12-16-32(27-30)43-37-20-6-8-22-39(37)44(40-23-9-7-21-38(40)43)36-19-5-4-17-33(36)31-25-26-35-34-18-10-11-24-41(34)45-42(35)28-31;1-2-12-29(13-3-1)30-22-24-31(25-23-30)43-37-17-6-8-19-39(37)44(40-20-9-7-18-38(40)43)36-16-5-4-14-33(36)32-26-27-35-34-15-10-11-21-41(34)45-42(35)28-32/h3*1-28H. The monoisotopic (exact) mass is 1720 g/mol. The first-order valence-corrected chi connectivity index (χ1v) is 46.3. The van der Waals surface area contributed by atoms with Gasteiger partial charge in [0.2, 0.25) is 0 Å². The van der Waals surface area contributed by atoms with E-state index in [1.54, 1.807) is 0 Å². The minimum absolute atomic E-state index is 0.909. The number of furan rings is 3. The molecule has 0 atom stereocenters. The zero-order chi connectivity index (χ0) is 89.2. The fourth-order valence-electron chi connectivity index (χ4n) is 21.1. The molecule has 0 spiro atoms. The van der Waals surface area contributed by atoms with E-state index in [1.807, 2.05) is 36.4 Å². The van der Waals surface area contributed by atoms with Crippen LogP contribution in [0, 0.1) is 0 Å². The SMILES string of the molecule is c1ccc(-c2ccc(-c3c4ccccc4c(-c4ccccc4-c4ccc5c(c4)oc4ccccc45)c4ccccc34)cc2)cc1.c1ccc(-c2cccc(-c3c4ccccc4c(-c4cccc(-c5ccc6c(c5)oc5ccccc56)c4)c4ccccc34)c2)cc1.c1ccc(-c2cccc(-c3c4ccccc4c(-c4ccccc4-c4ccc5c(c4)oc4ccccc45)c4ccccc34)c2)cc1. The highest BCUT2D eigenvalue weighted by molar-refractivity contribution is 6.26. The Morgan fingerprint density at radius 3 is 0.593 bits per heavy atom. The van der Waals surface area contributed by atoms with E-state index >= 15 is 0 Å². The summed E-state index contributed by atoms with van der Waals surface area (Å²) in [6, 6.07) is 183. The quantitative estimate of drug-likeness (QED) is 0.114. The van der Waals surface area contributed by atoms with Gasteiger partial charge in [0.25, 0.3) is 0 Å². The maximum Gasteiger partial charge on any atom is 0.136 e. The van der Waals surface area contributed by atoms with Crippen LogP contribution in [-0.4, -0.2) is 0 Å². The molecule has 27 aromatic rings. The molecule has 0 bridgehead atoms. The molecule has 0 aliphatic carbocycles. The fraction of sp³-hybridized carbons (Fsp3) is 0. The van der Waals surface area contributed by atoms with Gasteiger partial charge in [0, 0.05) is 32.3 Å². The molecule has 3 heterocycles. The van der Waals surface area contributed by atoms with E-state index in [0.29, 0.717) is 0 Å². The van der Waals surface area contributed by atoms with Crippen molar-refractivity contribution in [1.82, 2.24) is 0 Å². The van der Waals surface area contributed by atoms with Crippen molar-refractivity contribution < 1.29 is 13.3 Å². The van der Waals surface area contributed by atoms with Gasteiger partial charge in [-0.1, -0.05) is 437 Å². The van der Waals surface area contributed by atoms with Crippen LogP contribution in [0.5, 0.6) is 0 Å². The zero-order valence-electron chi connectivity index (χ0n) is 73.7. The Balaban J connectivity index is 0.000000108. The van der Waals surface area contributed by atoms with Crippen molar-refractivity contribution >= 4 is 130 Å². The summed E-state index contributed by atoms with van der Waals surface area (Å²) in [6.07, 6.45) is 0. The molecule has 0 unspecified atom stereocenters. The molecule has 27 rings (SSSR count). The van der Waals surface area contributed by atoms with Crippen molar-refractivity contribution in [2.24, 2.45) is 0 Å². The van der Waals surface area contributed by atoms with E-state index in [2.05, 4.69) is 473 Å². The van der Waals surface area contributed by atoms with Gasteiger partial charge in [-0.3, -0.25) is 0 Å². The predicted octanol–water partition coefficient (Wildman–Crippen LogP) is 37.7. The molecule has 0 saturated carbocycles. The number of rotatable bonds is 12. The molecule has 0 N–H and O–H groups in total. The smallest absolute Gasteiger partial charge is 0.136 e. The molecule has 0 radical (unpaired) electrons. The molecular weight excluding hydrogens is 1630 g/mol. The first-order valence-electron chi connectivity index (χ1n) is 46.3. The molecule has 0 aliphatic rings. The zero-order valence-corrected chi connectivity index (χ0v) is 73.7. The van der Waals surface area contributed by atoms with Crippen LogP contribution >= 0.6 is 0 Å². The number of benzene rings is 24. The summed E-state index contributed by atoms with van der Waals surface area (Å²) in [5, 5.41) is 21.9. The Bertz CT molecular complexity index is 9110. The lowest BCUT2D eigenvalue weighted by atomic mass is 9.83. The van der Waals surface area contributed by atoms with E-state index in [1.165, 1.54) is 181 Å². The Kier molecular flexibility index (Phi) is 20.0. The summed E-state index contributed by atoms with van der Waals surface area (Å²) in [5.41, 5.74) is 34.7. The maximum absolute atomic E-state index is 6.31. The third kappa shape index (κ3) is 14.3. The summed E-state index contributed by atoms with van der Waals surface area (Å²) in [6.45, 7) is 0.